The molecule has 24 heavy (non-hydrogen) atoms. The third-order valence-electron chi connectivity index (χ3n) is 4.58. The number of nitrogens with zero attached hydrogens (tertiary/aromatic N) is 2. The molecule has 1 saturated heterocycles. The van der Waals surface area contributed by atoms with Crippen molar-refractivity contribution in [1.29, 1.82) is 0 Å². The van der Waals surface area contributed by atoms with E-state index in [1.165, 1.54) is 6.07 Å². The first kappa shape index (κ1) is 16.6. The molecule has 4 nitrogen and oxygen atoms in total. The molecule has 0 aliphatic carbocycles. The van der Waals surface area contributed by atoms with Gasteiger partial charge in [-0.25, -0.2) is 4.39 Å². The van der Waals surface area contributed by atoms with Crippen molar-refractivity contribution in [3.63, 3.8) is 0 Å². The molecule has 5 heteroatoms. The first-order chi connectivity index (χ1) is 11.6. The highest BCUT2D eigenvalue weighted by atomic mass is 19.1. The molecular weight excluding hydrogens is 307 g/mol. The minimum Gasteiger partial charge on any atom is -0.481 e. The van der Waals surface area contributed by atoms with Crippen LogP contribution in [0.1, 0.15) is 35.7 Å². The Hall–Kier alpha value is -2.27. The van der Waals surface area contributed by atoms with Crippen LogP contribution >= 0.6 is 0 Å². The predicted molar refractivity (Wildman–Crippen MR) is 89.1 cm³/mol. The summed E-state index contributed by atoms with van der Waals surface area (Å²) >= 11 is 0. The second kappa shape index (κ2) is 7.09. The van der Waals surface area contributed by atoms with Gasteiger partial charge in [0.2, 0.25) is 0 Å². The number of benzene rings is 1. The van der Waals surface area contributed by atoms with Crippen LogP contribution in [0.3, 0.4) is 0 Å². The van der Waals surface area contributed by atoms with Crippen LogP contribution in [-0.2, 0) is 4.79 Å². The SMILES string of the molecule is Cc1ccc(C(c2ccccc2F)N2CCCC(C(=O)O)C2)nc1. The van der Waals surface area contributed by atoms with E-state index >= 15 is 0 Å². The van der Waals surface area contributed by atoms with E-state index < -0.39 is 11.9 Å². The van der Waals surface area contributed by atoms with Crippen LogP contribution in [0.2, 0.25) is 0 Å². The molecule has 0 amide bonds. The molecule has 2 aromatic rings. The summed E-state index contributed by atoms with van der Waals surface area (Å²) in [7, 11) is 0. The number of rotatable bonds is 4. The van der Waals surface area contributed by atoms with Crippen molar-refractivity contribution in [3.05, 3.63) is 65.2 Å². The molecule has 3 rings (SSSR count). The van der Waals surface area contributed by atoms with Gasteiger partial charge in [-0.2, -0.15) is 0 Å². The van der Waals surface area contributed by atoms with Crippen molar-refractivity contribution in [2.45, 2.75) is 25.8 Å². The van der Waals surface area contributed by atoms with Crippen LogP contribution in [0.25, 0.3) is 0 Å². The molecule has 1 aromatic heterocycles. The zero-order valence-corrected chi connectivity index (χ0v) is 13.7. The maximum Gasteiger partial charge on any atom is 0.307 e. The third-order valence-corrected chi connectivity index (χ3v) is 4.58. The van der Waals surface area contributed by atoms with E-state index in [9.17, 15) is 14.3 Å². The fourth-order valence-electron chi connectivity index (χ4n) is 3.32. The highest BCUT2D eigenvalue weighted by molar-refractivity contribution is 5.70. The minimum absolute atomic E-state index is 0.290. The first-order valence-electron chi connectivity index (χ1n) is 8.20. The molecule has 1 fully saturated rings. The fraction of sp³-hybridized carbons (Fsp3) is 0.368. The number of aryl methyl sites for hydroxylation is 1. The van der Waals surface area contributed by atoms with Gasteiger partial charge in [-0.3, -0.25) is 14.7 Å². The molecule has 1 aliphatic heterocycles. The summed E-state index contributed by atoms with van der Waals surface area (Å²) in [4.78, 5) is 17.9. The smallest absolute Gasteiger partial charge is 0.307 e. The molecule has 2 atom stereocenters. The molecule has 1 aromatic carbocycles. The minimum atomic E-state index is -0.788. The maximum absolute atomic E-state index is 14.4. The Balaban J connectivity index is 2.00. The number of hydrogen-bond acceptors (Lipinski definition) is 3. The Bertz CT molecular complexity index is 718. The topological polar surface area (TPSA) is 53.4 Å². The van der Waals surface area contributed by atoms with Gasteiger partial charge in [0.1, 0.15) is 5.82 Å². The number of halogens is 1. The van der Waals surface area contributed by atoms with Crippen LogP contribution in [0.4, 0.5) is 4.39 Å². The molecule has 1 aliphatic rings. The molecular formula is C19H21FN2O2. The zero-order chi connectivity index (χ0) is 17.1. The van der Waals surface area contributed by atoms with Gasteiger partial charge in [-0.15, -0.1) is 0 Å². The van der Waals surface area contributed by atoms with Crippen LogP contribution in [0.15, 0.2) is 42.6 Å². The largest absolute Gasteiger partial charge is 0.481 e. The van der Waals surface area contributed by atoms with Crippen LogP contribution in [-0.4, -0.2) is 34.0 Å². The Kier molecular flexibility index (Phi) is 4.90. The van der Waals surface area contributed by atoms with Crippen molar-refractivity contribution in [1.82, 2.24) is 9.88 Å². The lowest BCUT2D eigenvalue weighted by Gasteiger charge is -2.37. The molecule has 0 saturated carbocycles. The Morgan fingerprint density at radius 2 is 2.12 bits per heavy atom. The summed E-state index contributed by atoms with van der Waals surface area (Å²) < 4.78 is 14.4. The monoisotopic (exact) mass is 328 g/mol. The van der Waals surface area contributed by atoms with Gasteiger partial charge in [0, 0.05) is 18.3 Å². The van der Waals surface area contributed by atoms with E-state index in [1.807, 2.05) is 24.0 Å². The van der Waals surface area contributed by atoms with Crippen molar-refractivity contribution >= 4 is 5.97 Å². The lowest BCUT2D eigenvalue weighted by molar-refractivity contribution is -0.143. The molecule has 126 valence electrons. The average molecular weight is 328 g/mol. The number of pyridine rings is 1. The summed E-state index contributed by atoms with van der Waals surface area (Å²) in [6.45, 7) is 3.10. The lowest BCUT2D eigenvalue weighted by Crippen LogP contribution is -2.41. The first-order valence-corrected chi connectivity index (χ1v) is 8.20. The van der Waals surface area contributed by atoms with E-state index in [0.717, 1.165) is 24.2 Å². The Labute approximate surface area is 141 Å². The summed E-state index contributed by atoms with van der Waals surface area (Å²) in [5.74, 6) is -1.50. The van der Waals surface area contributed by atoms with Crippen molar-refractivity contribution in [2.75, 3.05) is 13.1 Å². The predicted octanol–water partition coefficient (Wildman–Crippen LogP) is 3.42. The number of aromatic nitrogens is 1. The number of hydrogen-bond donors (Lipinski definition) is 1. The Morgan fingerprint density at radius 3 is 2.79 bits per heavy atom. The number of likely N-dealkylation sites (tertiary alicyclic amines) is 1. The summed E-state index contributed by atoms with van der Waals surface area (Å²) in [6, 6.07) is 10.1. The second-order valence-electron chi connectivity index (χ2n) is 6.36. The quantitative estimate of drug-likeness (QED) is 0.934. The second-order valence-corrected chi connectivity index (χ2v) is 6.36. The molecule has 1 N–H and O–H groups in total. The van der Waals surface area contributed by atoms with Gasteiger partial charge in [-0.1, -0.05) is 24.3 Å². The molecule has 0 radical (unpaired) electrons. The number of carboxylic acids is 1. The van der Waals surface area contributed by atoms with Gasteiger partial charge in [-0.05, 0) is 44.0 Å². The van der Waals surface area contributed by atoms with E-state index in [2.05, 4.69) is 4.98 Å². The Morgan fingerprint density at radius 1 is 1.33 bits per heavy atom. The molecule has 0 bridgehead atoms. The highest BCUT2D eigenvalue weighted by Gasteiger charge is 2.32. The van der Waals surface area contributed by atoms with Crippen LogP contribution in [0.5, 0.6) is 0 Å². The van der Waals surface area contributed by atoms with Crippen molar-refractivity contribution in [3.8, 4) is 0 Å². The zero-order valence-electron chi connectivity index (χ0n) is 13.7. The van der Waals surface area contributed by atoms with Crippen LogP contribution in [0, 0.1) is 18.7 Å². The van der Waals surface area contributed by atoms with E-state index in [-0.39, 0.29) is 11.9 Å². The fourth-order valence-corrected chi connectivity index (χ4v) is 3.32. The average Bonchev–Trinajstić information content (AvgIpc) is 2.59. The molecule has 2 heterocycles. The van der Waals surface area contributed by atoms with E-state index in [0.29, 0.717) is 18.5 Å². The number of aliphatic carboxylic acids is 1. The third kappa shape index (κ3) is 3.46. The van der Waals surface area contributed by atoms with Crippen LogP contribution < -0.4 is 0 Å². The summed E-state index contributed by atoms with van der Waals surface area (Å²) in [5, 5.41) is 9.35. The van der Waals surface area contributed by atoms with E-state index in [4.69, 9.17) is 0 Å². The normalized spacial score (nSPS) is 19.8. The summed E-state index contributed by atoms with van der Waals surface area (Å²) in [5.41, 5.74) is 2.32. The standard InChI is InChI=1S/C19H21FN2O2/c1-13-8-9-17(21-11-13)18(15-6-2-3-7-16(15)20)22-10-4-5-14(12-22)19(23)24/h2-3,6-9,11,14,18H,4-5,10,12H2,1H3,(H,23,24). The van der Waals surface area contributed by atoms with Crippen molar-refractivity contribution < 1.29 is 14.3 Å². The number of carboxylic acid groups (broad SMARTS) is 1. The maximum atomic E-state index is 14.4. The lowest BCUT2D eigenvalue weighted by atomic mass is 9.93. The van der Waals surface area contributed by atoms with Gasteiger partial charge < -0.3 is 5.11 Å². The van der Waals surface area contributed by atoms with Gasteiger partial charge in [0.05, 0.1) is 17.7 Å². The van der Waals surface area contributed by atoms with Crippen molar-refractivity contribution in [2.24, 2.45) is 5.92 Å². The van der Waals surface area contributed by atoms with Gasteiger partial charge >= 0.3 is 5.97 Å². The summed E-state index contributed by atoms with van der Waals surface area (Å²) in [6.07, 6.45) is 3.22. The molecule has 0 spiro atoms. The number of piperidine rings is 1. The van der Waals surface area contributed by atoms with Gasteiger partial charge in [0.15, 0.2) is 0 Å². The number of carbonyl (C=O) groups is 1. The highest BCUT2D eigenvalue weighted by Crippen LogP contribution is 2.33. The molecule has 2 unspecified atom stereocenters. The van der Waals surface area contributed by atoms with Gasteiger partial charge in [0.25, 0.3) is 0 Å². The van der Waals surface area contributed by atoms with E-state index in [1.54, 1.807) is 24.4 Å².